The van der Waals surface area contributed by atoms with Crippen LogP contribution < -0.4 is 5.32 Å². The van der Waals surface area contributed by atoms with Crippen LogP contribution in [0.4, 0.5) is 10.1 Å². The normalized spacial score (nSPS) is 10.9. The smallest absolute Gasteiger partial charge is 0.147 e. The van der Waals surface area contributed by atoms with E-state index in [0.717, 1.165) is 17.0 Å². The largest absolute Gasteiger partial charge is 0.377 e. The van der Waals surface area contributed by atoms with Crippen LogP contribution in [0.25, 0.3) is 5.65 Å². The molecule has 0 saturated carbocycles. The maximum atomic E-state index is 13.7. The van der Waals surface area contributed by atoms with Gasteiger partial charge in [0.25, 0.3) is 0 Å². The van der Waals surface area contributed by atoms with Gasteiger partial charge in [-0.2, -0.15) is 0 Å². The topological polar surface area (TPSA) is 29.3 Å². The van der Waals surface area contributed by atoms with Gasteiger partial charge < -0.3 is 9.72 Å². The zero-order valence-corrected chi connectivity index (χ0v) is 11.7. The molecule has 0 saturated heterocycles. The first-order valence-corrected chi connectivity index (χ1v) is 6.64. The van der Waals surface area contributed by atoms with Gasteiger partial charge in [-0.05, 0) is 37.3 Å². The number of pyridine rings is 1. The number of imidazole rings is 1. The summed E-state index contributed by atoms with van der Waals surface area (Å²) < 4.78 is 15.7. The van der Waals surface area contributed by atoms with E-state index in [0.29, 0.717) is 17.3 Å². The van der Waals surface area contributed by atoms with Gasteiger partial charge in [-0.15, -0.1) is 0 Å². The number of fused-ring (bicyclic) bond motifs is 1. The summed E-state index contributed by atoms with van der Waals surface area (Å²) in [6, 6.07) is 10.4. The number of hydrogen-bond donors (Lipinski definition) is 1. The van der Waals surface area contributed by atoms with E-state index in [-0.39, 0.29) is 5.82 Å². The first kappa shape index (κ1) is 12.9. The predicted molar refractivity (Wildman–Crippen MR) is 78.7 cm³/mol. The molecule has 0 aliphatic carbocycles. The summed E-state index contributed by atoms with van der Waals surface area (Å²) in [5.41, 5.74) is 3.26. The van der Waals surface area contributed by atoms with Crippen molar-refractivity contribution >= 4 is 22.9 Å². The fourth-order valence-corrected chi connectivity index (χ4v) is 2.35. The van der Waals surface area contributed by atoms with E-state index in [1.54, 1.807) is 12.1 Å². The van der Waals surface area contributed by atoms with Crippen molar-refractivity contribution in [3.8, 4) is 0 Å². The van der Waals surface area contributed by atoms with Gasteiger partial charge in [0.15, 0.2) is 0 Å². The molecule has 102 valence electrons. The molecule has 3 nitrogen and oxygen atoms in total. The van der Waals surface area contributed by atoms with Crippen LogP contribution in [0.15, 0.2) is 42.6 Å². The third kappa shape index (κ3) is 2.34. The van der Waals surface area contributed by atoms with E-state index >= 15 is 0 Å². The zero-order valence-electron chi connectivity index (χ0n) is 10.9. The number of aromatic nitrogens is 2. The van der Waals surface area contributed by atoms with Gasteiger partial charge in [-0.3, -0.25) is 0 Å². The first-order valence-electron chi connectivity index (χ1n) is 6.26. The summed E-state index contributed by atoms with van der Waals surface area (Å²) in [7, 11) is 0. The Kier molecular flexibility index (Phi) is 3.32. The van der Waals surface area contributed by atoms with Crippen LogP contribution in [0, 0.1) is 12.7 Å². The number of hydrogen-bond acceptors (Lipinski definition) is 2. The second kappa shape index (κ2) is 5.13. The molecule has 3 rings (SSSR count). The van der Waals surface area contributed by atoms with Crippen LogP contribution in [-0.4, -0.2) is 9.38 Å². The van der Waals surface area contributed by atoms with Crippen molar-refractivity contribution in [2.24, 2.45) is 0 Å². The SMILES string of the molecule is Cc1nc2ccccn2c1CNc1ccc(Cl)cc1F. The minimum Gasteiger partial charge on any atom is -0.377 e. The Morgan fingerprint density at radius 2 is 2.15 bits per heavy atom. The van der Waals surface area contributed by atoms with Gasteiger partial charge in [0.2, 0.25) is 0 Å². The molecule has 20 heavy (non-hydrogen) atoms. The lowest BCUT2D eigenvalue weighted by Gasteiger charge is -2.08. The van der Waals surface area contributed by atoms with E-state index < -0.39 is 0 Å². The zero-order chi connectivity index (χ0) is 14.1. The maximum absolute atomic E-state index is 13.7. The molecule has 0 bridgehead atoms. The third-order valence-electron chi connectivity index (χ3n) is 3.21. The highest BCUT2D eigenvalue weighted by Gasteiger charge is 2.09. The molecule has 1 N–H and O–H groups in total. The highest BCUT2D eigenvalue weighted by Crippen LogP contribution is 2.20. The second-order valence-corrected chi connectivity index (χ2v) is 4.99. The average Bonchev–Trinajstić information content (AvgIpc) is 2.74. The minimum absolute atomic E-state index is 0.357. The van der Waals surface area contributed by atoms with Gasteiger partial charge in [-0.1, -0.05) is 17.7 Å². The van der Waals surface area contributed by atoms with Crippen molar-refractivity contribution in [2.75, 3.05) is 5.32 Å². The fourth-order valence-electron chi connectivity index (χ4n) is 2.19. The second-order valence-electron chi connectivity index (χ2n) is 4.55. The van der Waals surface area contributed by atoms with Crippen molar-refractivity contribution in [3.05, 3.63) is 64.8 Å². The lowest BCUT2D eigenvalue weighted by Crippen LogP contribution is -2.05. The highest BCUT2D eigenvalue weighted by molar-refractivity contribution is 6.30. The Morgan fingerprint density at radius 1 is 1.30 bits per heavy atom. The van der Waals surface area contributed by atoms with Crippen molar-refractivity contribution < 1.29 is 4.39 Å². The summed E-state index contributed by atoms with van der Waals surface area (Å²) in [4.78, 5) is 4.47. The molecule has 0 fully saturated rings. The maximum Gasteiger partial charge on any atom is 0.147 e. The molecule has 2 aromatic heterocycles. The fraction of sp³-hybridized carbons (Fsp3) is 0.133. The van der Waals surface area contributed by atoms with Gasteiger partial charge >= 0.3 is 0 Å². The van der Waals surface area contributed by atoms with Crippen molar-refractivity contribution in [1.82, 2.24) is 9.38 Å². The molecule has 5 heteroatoms. The monoisotopic (exact) mass is 289 g/mol. The van der Waals surface area contributed by atoms with E-state index in [9.17, 15) is 4.39 Å². The lowest BCUT2D eigenvalue weighted by atomic mass is 10.3. The van der Waals surface area contributed by atoms with Crippen LogP contribution in [0.5, 0.6) is 0 Å². The highest BCUT2D eigenvalue weighted by atomic mass is 35.5. The van der Waals surface area contributed by atoms with Gasteiger partial charge in [0.1, 0.15) is 11.5 Å². The molecule has 0 aliphatic heterocycles. The first-order chi connectivity index (χ1) is 9.65. The number of aryl methyl sites for hydroxylation is 1. The number of halogens is 2. The number of nitrogens with zero attached hydrogens (tertiary/aromatic N) is 2. The molecule has 0 amide bonds. The molecule has 0 spiro atoms. The molecule has 0 atom stereocenters. The number of nitrogens with one attached hydrogen (secondary N) is 1. The summed E-state index contributed by atoms with van der Waals surface area (Å²) >= 11 is 5.74. The van der Waals surface area contributed by atoms with Crippen LogP contribution in [0.1, 0.15) is 11.4 Å². The van der Waals surface area contributed by atoms with Crippen molar-refractivity contribution in [1.29, 1.82) is 0 Å². The van der Waals surface area contributed by atoms with Gasteiger partial charge in [0.05, 0.1) is 23.6 Å². The Balaban J connectivity index is 1.88. The van der Waals surface area contributed by atoms with Crippen molar-refractivity contribution in [2.45, 2.75) is 13.5 Å². The summed E-state index contributed by atoms with van der Waals surface area (Å²) in [5.74, 6) is -0.357. The molecule has 0 unspecified atom stereocenters. The predicted octanol–water partition coefficient (Wildman–Crippen LogP) is 4.05. The summed E-state index contributed by atoms with van der Waals surface area (Å²) in [5, 5.41) is 3.47. The molecule has 1 aromatic carbocycles. The van der Waals surface area contributed by atoms with Crippen LogP contribution in [-0.2, 0) is 6.54 Å². The molecule has 0 aliphatic rings. The Hall–Kier alpha value is -2.07. The Bertz CT molecular complexity index is 767. The number of rotatable bonds is 3. The Labute approximate surface area is 121 Å². The molecule has 2 heterocycles. The molecule has 0 radical (unpaired) electrons. The summed E-state index contributed by atoms with van der Waals surface area (Å²) in [6.07, 6.45) is 1.95. The van der Waals surface area contributed by atoms with E-state index in [1.807, 2.05) is 35.7 Å². The van der Waals surface area contributed by atoms with Crippen LogP contribution >= 0.6 is 11.6 Å². The number of benzene rings is 1. The third-order valence-corrected chi connectivity index (χ3v) is 3.44. The van der Waals surface area contributed by atoms with Crippen molar-refractivity contribution in [3.63, 3.8) is 0 Å². The van der Waals surface area contributed by atoms with E-state index in [4.69, 9.17) is 11.6 Å². The van der Waals surface area contributed by atoms with Gasteiger partial charge in [-0.25, -0.2) is 9.37 Å². The Morgan fingerprint density at radius 3 is 2.95 bits per heavy atom. The lowest BCUT2D eigenvalue weighted by molar-refractivity contribution is 0.630. The standard InChI is InChI=1S/C15H13ClFN3/c1-10-14(20-7-3-2-4-15(20)19-10)9-18-13-6-5-11(16)8-12(13)17/h2-8,18H,9H2,1H3. The summed E-state index contributed by atoms with van der Waals surface area (Å²) in [6.45, 7) is 2.44. The number of anilines is 1. The quantitative estimate of drug-likeness (QED) is 0.788. The average molecular weight is 290 g/mol. The van der Waals surface area contributed by atoms with E-state index in [2.05, 4.69) is 10.3 Å². The minimum atomic E-state index is -0.357. The molecule has 3 aromatic rings. The van der Waals surface area contributed by atoms with E-state index in [1.165, 1.54) is 6.07 Å². The van der Waals surface area contributed by atoms with Crippen LogP contribution in [0.2, 0.25) is 5.02 Å². The molecular formula is C15H13ClFN3. The van der Waals surface area contributed by atoms with Crippen LogP contribution in [0.3, 0.4) is 0 Å². The van der Waals surface area contributed by atoms with Gasteiger partial charge in [0, 0.05) is 11.2 Å². The molecular weight excluding hydrogens is 277 g/mol.